The highest BCUT2D eigenvalue weighted by molar-refractivity contribution is 7.99. The van der Waals surface area contributed by atoms with Crippen LogP contribution in [0.25, 0.3) is 0 Å². The van der Waals surface area contributed by atoms with Crippen molar-refractivity contribution in [3.8, 4) is 5.75 Å². The first-order valence-electron chi connectivity index (χ1n) is 4.95. The fourth-order valence-electron chi connectivity index (χ4n) is 1.38. The third-order valence-electron chi connectivity index (χ3n) is 2.13. The Balaban J connectivity index is 2.20. The number of ether oxygens (including phenoxy) is 1. The van der Waals surface area contributed by atoms with Crippen LogP contribution in [0.15, 0.2) is 58.3 Å². The molecule has 0 atom stereocenters. The van der Waals surface area contributed by atoms with Gasteiger partial charge in [-0.25, -0.2) is 0 Å². The molecule has 0 saturated carbocycles. The number of hydrogen-bond acceptors (Lipinski definition) is 3. The van der Waals surface area contributed by atoms with E-state index >= 15 is 0 Å². The van der Waals surface area contributed by atoms with Crippen molar-refractivity contribution in [3.05, 3.63) is 48.5 Å². The molecular formula is C13H13NOS. The maximum atomic E-state index is 5.73. The number of methoxy groups -OCH3 is 1. The molecule has 0 aliphatic carbocycles. The molecule has 0 spiro atoms. The van der Waals surface area contributed by atoms with Crippen LogP contribution in [0.2, 0.25) is 0 Å². The van der Waals surface area contributed by atoms with Gasteiger partial charge in [0.2, 0.25) is 0 Å². The molecular weight excluding hydrogens is 218 g/mol. The van der Waals surface area contributed by atoms with Gasteiger partial charge >= 0.3 is 0 Å². The van der Waals surface area contributed by atoms with Gasteiger partial charge in [0.05, 0.1) is 7.11 Å². The number of benzene rings is 2. The molecule has 0 radical (unpaired) electrons. The number of hydrogen-bond donors (Lipinski definition) is 1. The Labute approximate surface area is 99.4 Å². The molecule has 0 saturated heterocycles. The zero-order valence-electron chi connectivity index (χ0n) is 9.01. The zero-order chi connectivity index (χ0) is 11.4. The van der Waals surface area contributed by atoms with E-state index < -0.39 is 0 Å². The molecule has 0 aliphatic heterocycles. The molecule has 2 aromatic carbocycles. The topological polar surface area (TPSA) is 35.2 Å². The first-order valence-corrected chi connectivity index (χ1v) is 5.77. The maximum Gasteiger partial charge on any atom is 0.119 e. The van der Waals surface area contributed by atoms with E-state index in [-0.39, 0.29) is 0 Å². The Morgan fingerprint density at radius 1 is 1.00 bits per heavy atom. The van der Waals surface area contributed by atoms with Crippen molar-refractivity contribution in [2.75, 3.05) is 12.8 Å². The van der Waals surface area contributed by atoms with E-state index in [1.54, 1.807) is 18.9 Å². The summed E-state index contributed by atoms with van der Waals surface area (Å²) in [6.07, 6.45) is 0. The van der Waals surface area contributed by atoms with Crippen molar-refractivity contribution in [3.63, 3.8) is 0 Å². The summed E-state index contributed by atoms with van der Waals surface area (Å²) in [6, 6.07) is 15.8. The SMILES string of the molecule is COc1cccc(Sc2cccc(N)c2)c1. The van der Waals surface area contributed by atoms with Crippen LogP contribution in [0.4, 0.5) is 5.69 Å². The summed E-state index contributed by atoms with van der Waals surface area (Å²) < 4.78 is 5.18. The Morgan fingerprint density at radius 3 is 2.38 bits per heavy atom. The first kappa shape index (κ1) is 10.9. The third-order valence-corrected chi connectivity index (χ3v) is 3.11. The molecule has 0 aromatic heterocycles. The summed E-state index contributed by atoms with van der Waals surface area (Å²) in [5.74, 6) is 0.869. The van der Waals surface area contributed by atoms with Crippen molar-refractivity contribution < 1.29 is 4.74 Å². The molecule has 0 bridgehead atoms. The monoisotopic (exact) mass is 231 g/mol. The van der Waals surface area contributed by atoms with Gasteiger partial charge in [0.1, 0.15) is 5.75 Å². The first-order chi connectivity index (χ1) is 7.78. The van der Waals surface area contributed by atoms with Crippen LogP contribution in [0.3, 0.4) is 0 Å². The van der Waals surface area contributed by atoms with E-state index in [1.165, 1.54) is 0 Å². The van der Waals surface area contributed by atoms with Crippen molar-refractivity contribution in [2.24, 2.45) is 0 Å². The molecule has 82 valence electrons. The van der Waals surface area contributed by atoms with Crippen molar-refractivity contribution in [1.82, 2.24) is 0 Å². The van der Waals surface area contributed by atoms with Crippen LogP contribution < -0.4 is 10.5 Å². The molecule has 0 amide bonds. The van der Waals surface area contributed by atoms with Gasteiger partial charge < -0.3 is 10.5 Å². The van der Waals surface area contributed by atoms with Gasteiger partial charge in [-0.2, -0.15) is 0 Å². The molecule has 0 heterocycles. The molecule has 16 heavy (non-hydrogen) atoms. The molecule has 0 fully saturated rings. The van der Waals surface area contributed by atoms with E-state index in [0.29, 0.717) is 0 Å². The lowest BCUT2D eigenvalue weighted by Gasteiger charge is -2.04. The summed E-state index contributed by atoms with van der Waals surface area (Å²) in [5.41, 5.74) is 6.52. The molecule has 3 heteroatoms. The van der Waals surface area contributed by atoms with E-state index in [0.717, 1.165) is 21.2 Å². The van der Waals surface area contributed by atoms with Gasteiger partial charge in [-0.15, -0.1) is 0 Å². The highest BCUT2D eigenvalue weighted by Crippen LogP contribution is 2.30. The number of nitrogens with two attached hydrogens (primary N) is 1. The Kier molecular flexibility index (Phi) is 3.37. The van der Waals surface area contributed by atoms with Gasteiger partial charge in [-0.3, -0.25) is 0 Å². The second kappa shape index (κ2) is 4.94. The average molecular weight is 231 g/mol. The van der Waals surface area contributed by atoms with Crippen LogP contribution in [0.1, 0.15) is 0 Å². The molecule has 2 nitrogen and oxygen atoms in total. The van der Waals surface area contributed by atoms with Crippen LogP contribution >= 0.6 is 11.8 Å². The Morgan fingerprint density at radius 2 is 1.69 bits per heavy atom. The lowest BCUT2D eigenvalue weighted by atomic mass is 10.3. The molecule has 0 unspecified atom stereocenters. The van der Waals surface area contributed by atoms with E-state index in [4.69, 9.17) is 10.5 Å². The second-order valence-electron chi connectivity index (χ2n) is 3.35. The maximum absolute atomic E-state index is 5.73. The van der Waals surface area contributed by atoms with Crippen molar-refractivity contribution >= 4 is 17.4 Å². The summed E-state index contributed by atoms with van der Waals surface area (Å²) in [7, 11) is 1.67. The highest BCUT2D eigenvalue weighted by atomic mass is 32.2. The van der Waals surface area contributed by atoms with E-state index in [2.05, 4.69) is 6.07 Å². The van der Waals surface area contributed by atoms with E-state index in [1.807, 2.05) is 42.5 Å². The second-order valence-corrected chi connectivity index (χ2v) is 4.50. The predicted octanol–water partition coefficient (Wildman–Crippen LogP) is 3.43. The minimum Gasteiger partial charge on any atom is -0.497 e. The highest BCUT2D eigenvalue weighted by Gasteiger charge is 1.99. The standard InChI is InChI=1S/C13H13NOS/c1-15-11-5-3-7-13(9-11)16-12-6-2-4-10(14)8-12/h2-9H,14H2,1H3. The summed E-state index contributed by atoms with van der Waals surface area (Å²) in [4.78, 5) is 2.28. The zero-order valence-corrected chi connectivity index (χ0v) is 9.83. The molecule has 2 rings (SSSR count). The summed E-state index contributed by atoms with van der Waals surface area (Å²) in [6.45, 7) is 0. The van der Waals surface area contributed by atoms with E-state index in [9.17, 15) is 0 Å². The predicted molar refractivity (Wildman–Crippen MR) is 68.0 cm³/mol. The molecule has 2 N–H and O–H groups in total. The lowest BCUT2D eigenvalue weighted by molar-refractivity contribution is 0.413. The Hall–Kier alpha value is -1.61. The fraction of sp³-hybridized carbons (Fsp3) is 0.0769. The van der Waals surface area contributed by atoms with Crippen LogP contribution in [-0.4, -0.2) is 7.11 Å². The molecule has 2 aromatic rings. The summed E-state index contributed by atoms with van der Waals surface area (Å²) in [5, 5.41) is 0. The lowest BCUT2D eigenvalue weighted by Crippen LogP contribution is -1.84. The number of anilines is 1. The number of nitrogen functional groups attached to an aromatic ring is 1. The van der Waals surface area contributed by atoms with Crippen LogP contribution in [0.5, 0.6) is 5.75 Å². The average Bonchev–Trinajstić information content (AvgIpc) is 2.29. The van der Waals surface area contributed by atoms with Gasteiger partial charge in [0, 0.05) is 15.5 Å². The van der Waals surface area contributed by atoms with Crippen LogP contribution in [-0.2, 0) is 0 Å². The summed E-state index contributed by atoms with van der Waals surface area (Å²) >= 11 is 1.67. The van der Waals surface area contributed by atoms with Gasteiger partial charge in [0.15, 0.2) is 0 Å². The normalized spacial score (nSPS) is 10.1. The minimum atomic E-state index is 0.785. The minimum absolute atomic E-state index is 0.785. The van der Waals surface area contributed by atoms with Gasteiger partial charge in [0.25, 0.3) is 0 Å². The smallest absolute Gasteiger partial charge is 0.119 e. The van der Waals surface area contributed by atoms with Gasteiger partial charge in [-0.1, -0.05) is 23.9 Å². The number of rotatable bonds is 3. The largest absolute Gasteiger partial charge is 0.497 e. The Bertz CT molecular complexity index is 485. The third kappa shape index (κ3) is 2.70. The van der Waals surface area contributed by atoms with Gasteiger partial charge in [-0.05, 0) is 36.4 Å². The van der Waals surface area contributed by atoms with Crippen molar-refractivity contribution in [1.29, 1.82) is 0 Å². The molecule has 0 aliphatic rings. The van der Waals surface area contributed by atoms with Crippen LogP contribution in [0, 0.1) is 0 Å². The quantitative estimate of drug-likeness (QED) is 0.822. The van der Waals surface area contributed by atoms with Crippen molar-refractivity contribution in [2.45, 2.75) is 9.79 Å². The fourth-order valence-corrected chi connectivity index (χ4v) is 2.31.